The molecule has 162 valence electrons. The van der Waals surface area contributed by atoms with Gasteiger partial charge in [-0.1, -0.05) is 13.8 Å². The van der Waals surface area contributed by atoms with E-state index in [1.54, 1.807) is 0 Å². The van der Waals surface area contributed by atoms with E-state index in [2.05, 4.69) is 4.74 Å². The third-order valence-corrected chi connectivity index (χ3v) is 3.04. The largest absolute Gasteiger partial charge is 0.473 e. The lowest BCUT2D eigenvalue weighted by Crippen LogP contribution is -2.68. The molecule has 0 aromatic heterocycles. The summed E-state index contributed by atoms with van der Waals surface area (Å²) in [6, 6.07) is 0. The van der Waals surface area contributed by atoms with Crippen molar-refractivity contribution in [3.05, 3.63) is 0 Å². The molecule has 0 heterocycles. The summed E-state index contributed by atoms with van der Waals surface area (Å²) in [4.78, 5) is 10.9. The molecule has 0 aromatic rings. The Kier molecular flexibility index (Phi) is 6.80. The first-order valence-electron chi connectivity index (χ1n) is 6.72. The van der Waals surface area contributed by atoms with Crippen molar-refractivity contribution in [2.45, 2.75) is 62.7 Å². The minimum absolute atomic E-state index is 0.759. The van der Waals surface area contributed by atoms with Crippen LogP contribution in [0.5, 0.6) is 0 Å². The van der Waals surface area contributed by atoms with Crippen molar-refractivity contribution in [3.8, 4) is 0 Å². The summed E-state index contributed by atoms with van der Waals surface area (Å²) >= 11 is 0. The summed E-state index contributed by atoms with van der Waals surface area (Å²) in [5, 5.41) is 0. The van der Waals surface area contributed by atoms with E-state index in [9.17, 15) is 61.9 Å². The van der Waals surface area contributed by atoms with Crippen LogP contribution in [-0.4, -0.2) is 41.9 Å². The first-order valence-corrected chi connectivity index (χ1v) is 6.72. The average molecular weight is 434 g/mol. The SMILES string of the molecule is CC(C)C(=O)OC(F)(F)C(F)(F)C(F)(F)C(F)(F)C(F)(F)CCC(F)(F)F. The Balaban J connectivity index is 5.93. The molecule has 27 heavy (non-hydrogen) atoms. The van der Waals surface area contributed by atoms with Crippen LogP contribution in [0.1, 0.15) is 26.7 Å². The summed E-state index contributed by atoms with van der Waals surface area (Å²) in [5.74, 6) is -32.7. The van der Waals surface area contributed by atoms with Gasteiger partial charge in [0.2, 0.25) is 0 Å². The molecule has 0 aliphatic rings. The fraction of sp³-hybridized carbons (Fsp3) is 0.917. The molecule has 0 radical (unpaired) electrons. The van der Waals surface area contributed by atoms with Crippen molar-refractivity contribution in [1.29, 1.82) is 0 Å². The normalized spacial score (nSPS) is 15.3. The number of hydrogen-bond acceptors (Lipinski definition) is 2. The van der Waals surface area contributed by atoms with Crippen LogP contribution in [0.2, 0.25) is 0 Å². The van der Waals surface area contributed by atoms with Crippen LogP contribution >= 0.6 is 0 Å². The number of carbonyl (C=O) groups excluding carboxylic acids is 1. The lowest BCUT2D eigenvalue weighted by molar-refractivity contribution is -0.438. The third kappa shape index (κ3) is 4.89. The summed E-state index contributed by atoms with van der Waals surface area (Å²) in [7, 11) is 0. The summed E-state index contributed by atoms with van der Waals surface area (Å²) in [6.07, 6.45) is -18.1. The molecule has 0 amide bonds. The van der Waals surface area contributed by atoms with Gasteiger partial charge >= 0.3 is 41.9 Å². The highest BCUT2D eigenvalue weighted by Gasteiger charge is 2.87. The van der Waals surface area contributed by atoms with Crippen LogP contribution in [0.3, 0.4) is 0 Å². The van der Waals surface area contributed by atoms with Gasteiger partial charge in [0.1, 0.15) is 0 Å². The molecule has 0 N–H and O–H groups in total. The zero-order valence-electron chi connectivity index (χ0n) is 13.2. The number of carbonyl (C=O) groups is 1. The summed E-state index contributed by atoms with van der Waals surface area (Å²) < 4.78 is 170. The van der Waals surface area contributed by atoms with Crippen LogP contribution in [-0.2, 0) is 9.53 Å². The topological polar surface area (TPSA) is 26.3 Å². The standard InChI is InChI=1S/C12H11F13O2/c1-5(2)6(26)27-12(24,25)11(22,23)10(20,21)9(18,19)7(13,14)3-4-8(15,16)17/h5H,3-4H2,1-2H3. The quantitative estimate of drug-likeness (QED) is 0.364. The molecule has 0 atom stereocenters. The molecule has 0 aliphatic carbocycles. The molecular weight excluding hydrogens is 423 g/mol. The molecule has 0 bridgehead atoms. The van der Waals surface area contributed by atoms with Crippen LogP contribution in [0.25, 0.3) is 0 Å². The van der Waals surface area contributed by atoms with Crippen molar-refractivity contribution < 1.29 is 66.6 Å². The Hall–Kier alpha value is -1.44. The van der Waals surface area contributed by atoms with Gasteiger partial charge in [0, 0.05) is 12.8 Å². The Labute approximate surface area is 142 Å². The Bertz CT molecular complexity index is 536. The number of ether oxygens (including phenoxy) is 1. The van der Waals surface area contributed by atoms with Crippen molar-refractivity contribution in [1.82, 2.24) is 0 Å². The second-order valence-corrected chi connectivity index (χ2v) is 5.64. The van der Waals surface area contributed by atoms with E-state index in [1.807, 2.05) is 0 Å². The molecule has 15 heteroatoms. The Morgan fingerprint density at radius 2 is 1.11 bits per heavy atom. The molecule has 0 aliphatic heterocycles. The summed E-state index contributed by atoms with van der Waals surface area (Å²) in [6.45, 7) is 1.52. The highest BCUT2D eigenvalue weighted by Crippen LogP contribution is 2.58. The fourth-order valence-corrected chi connectivity index (χ4v) is 1.37. The van der Waals surface area contributed by atoms with Gasteiger partial charge in [-0.05, 0) is 0 Å². The third-order valence-electron chi connectivity index (χ3n) is 3.04. The van der Waals surface area contributed by atoms with Gasteiger partial charge in [-0.3, -0.25) is 4.79 Å². The van der Waals surface area contributed by atoms with Crippen molar-refractivity contribution >= 4 is 5.97 Å². The van der Waals surface area contributed by atoms with Gasteiger partial charge in [0.05, 0.1) is 5.92 Å². The predicted molar refractivity (Wildman–Crippen MR) is 61.0 cm³/mol. The first-order chi connectivity index (χ1) is 11.5. The Morgan fingerprint density at radius 1 is 0.704 bits per heavy atom. The molecule has 0 aromatic carbocycles. The highest BCUT2D eigenvalue weighted by atomic mass is 19.4. The fourth-order valence-electron chi connectivity index (χ4n) is 1.37. The molecule has 0 saturated heterocycles. The zero-order chi connectivity index (χ0) is 22.3. The van der Waals surface area contributed by atoms with Gasteiger partial charge in [-0.25, -0.2) is 0 Å². The Morgan fingerprint density at radius 3 is 1.44 bits per heavy atom. The first kappa shape index (κ1) is 25.6. The second kappa shape index (κ2) is 7.18. The van der Waals surface area contributed by atoms with Gasteiger partial charge in [-0.2, -0.15) is 57.1 Å². The van der Waals surface area contributed by atoms with Crippen LogP contribution in [0.15, 0.2) is 0 Å². The van der Waals surface area contributed by atoms with E-state index in [0.29, 0.717) is 0 Å². The van der Waals surface area contributed by atoms with Crippen molar-refractivity contribution in [2.75, 3.05) is 0 Å². The van der Waals surface area contributed by atoms with Crippen LogP contribution in [0.4, 0.5) is 57.1 Å². The van der Waals surface area contributed by atoms with E-state index in [0.717, 1.165) is 13.8 Å². The van der Waals surface area contributed by atoms with E-state index < -0.39 is 60.7 Å². The van der Waals surface area contributed by atoms with E-state index >= 15 is 0 Å². The zero-order valence-corrected chi connectivity index (χ0v) is 13.2. The molecule has 0 unspecified atom stereocenters. The summed E-state index contributed by atoms with van der Waals surface area (Å²) in [5.41, 5.74) is 0. The van der Waals surface area contributed by atoms with Gasteiger partial charge in [0.15, 0.2) is 0 Å². The molecular formula is C12H11F13O2. The van der Waals surface area contributed by atoms with E-state index in [-0.39, 0.29) is 0 Å². The maximum absolute atomic E-state index is 13.3. The number of halogens is 13. The molecule has 0 spiro atoms. The number of alkyl halides is 13. The van der Waals surface area contributed by atoms with Gasteiger partial charge in [0.25, 0.3) is 0 Å². The van der Waals surface area contributed by atoms with E-state index in [1.165, 1.54) is 0 Å². The maximum Gasteiger partial charge on any atom is 0.473 e. The molecule has 0 fully saturated rings. The number of hydrogen-bond donors (Lipinski definition) is 0. The highest BCUT2D eigenvalue weighted by molar-refractivity contribution is 5.71. The van der Waals surface area contributed by atoms with Crippen molar-refractivity contribution in [2.24, 2.45) is 5.92 Å². The van der Waals surface area contributed by atoms with Crippen LogP contribution < -0.4 is 0 Å². The second-order valence-electron chi connectivity index (χ2n) is 5.64. The molecule has 0 saturated carbocycles. The molecule has 0 rings (SSSR count). The minimum atomic E-state index is -7.60. The van der Waals surface area contributed by atoms with Gasteiger partial charge in [-0.15, -0.1) is 0 Å². The van der Waals surface area contributed by atoms with Crippen LogP contribution in [0, 0.1) is 5.92 Å². The lowest BCUT2D eigenvalue weighted by atomic mass is 9.95. The average Bonchev–Trinajstić information content (AvgIpc) is 2.43. The van der Waals surface area contributed by atoms with Gasteiger partial charge < -0.3 is 4.74 Å². The smallest absolute Gasteiger partial charge is 0.396 e. The number of rotatable bonds is 8. The lowest BCUT2D eigenvalue weighted by Gasteiger charge is -2.38. The predicted octanol–water partition coefficient (Wildman–Crippen LogP) is 5.66. The van der Waals surface area contributed by atoms with Crippen molar-refractivity contribution in [3.63, 3.8) is 0 Å². The maximum atomic E-state index is 13.3. The minimum Gasteiger partial charge on any atom is -0.396 e. The monoisotopic (exact) mass is 434 g/mol. The number of esters is 1. The van der Waals surface area contributed by atoms with E-state index in [4.69, 9.17) is 0 Å². The molecule has 2 nitrogen and oxygen atoms in total.